The molecule has 40 heavy (non-hydrogen) atoms. The quantitative estimate of drug-likeness (QED) is 0.253. The van der Waals surface area contributed by atoms with Crippen LogP contribution in [0.4, 0.5) is 0 Å². The first kappa shape index (κ1) is 24.1. The standard InChI is InChI=1S/C38H38N2/c1-25-17-21-35-33(23-25)31-19-18-27(24-37(31)40(35)29-13-7-4-8-14-29)30-20-22-36-38(26(30)2)32-15-9-10-16-34(32)39(36)28-11-5-3-6-12-28/h3-7,10-13,16,18-20,22,24-26,30H,8-9,14-15,17,21,23H2,1-2H3. The molecule has 2 heteroatoms. The van der Waals surface area contributed by atoms with Crippen LogP contribution in [-0.4, -0.2) is 9.13 Å². The molecule has 0 bridgehead atoms. The third kappa shape index (κ3) is 3.61. The van der Waals surface area contributed by atoms with Gasteiger partial charge in [0.05, 0.1) is 5.52 Å². The lowest BCUT2D eigenvalue weighted by Crippen LogP contribution is -2.14. The van der Waals surface area contributed by atoms with E-state index in [1.807, 2.05) is 0 Å². The number of para-hydroxylation sites is 1. The van der Waals surface area contributed by atoms with Gasteiger partial charge in [-0.05, 0) is 115 Å². The lowest BCUT2D eigenvalue weighted by molar-refractivity contribution is 0.495. The Kier molecular flexibility index (Phi) is 5.66. The minimum atomic E-state index is 0.373. The Morgan fingerprint density at radius 3 is 2.52 bits per heavy atom. The molecule has 0 fully saturated rings. The zero-order valence-electron chi connectivity index (χ0n) is 23.7. The molecule has 3 unspecified atom stereocenters. The zero-order valence-corrected chi connectivity index (χ0v) is 23.7. The van der Waals surface area contributed by atoms with Crippen LogP contribution in [0.2, 0.25) is 0 Å². The Morgan fingerprint density at radius 1 is 0.800 bits per heavy atom. The van der Waals surface area contributed by atoms with Gasteiger partial charge in [-0.3, -0.25) is 0 Å². The van der Waals surface area contributed by atoms with E-state index < -0.39 is 0 Å². The van der Waals surface area contributed by atoms with Crippen LogP contribution < -0.4 is 0 Å². The Bertz CT molecular complexity index is 1750. The second-order valence-electron chi connectivity index (χ2n) is 12.5. The van der Waals surface area contributed by atoms with Gasteiger partial charge in [-0.15, -0.1) is 0 Å². The molecule has 200 valence electrons. The Hall–Kier alpha value is -3.78. The third-order valence-corrected chi connectivity index (χ3v) is 10.00. The van der Waals surface area contributed by atoms with Crippen LogP contribution in [0, 0.1) is 5.92 Å². The van der Waals surface area contributed by atoms with E-state index in [1.54, 1.807) is 22.4 Å². The van der Waals surface area contributed by atoms with Crippen molar-refractivity contribution in [3.63, 3.8) is 0 Å². The van der Waals surface area contributed by atoms with Crippen molar-refractivity contribution in [1.82, 2.24) is 9.13 Å². The number of hydrogen-bond donors (Lipinski definition) is 0. The molecule has 2 aromatic carbocycles. The monoisotopic (exact) mass is 522 g/mol. The highest BCUT2D eigenvalue weighted by Crippen LogP contribution is 2.47. The molecule has 0 N–H and O–H groups in total. The van der Waals surface area contributed by atoms with Gasteiger partial charge in [0.25, 0.3) is 0 Å². The van der Waals surface area contributed by atoms with Gasteiger partial charge in [0, 0.05) is 39.8 Å². The summed E-state index contributed by atoms with van der Waals surface area (Å²) < 4.78 is 5.15. The van der Waals surface area contributed by atoms with Crippen molar-refractivity contribution in [2.45, 2.75) is 70.6 Å². The van der Waals surface area contributed by atoms with Crippen LogP contribution in [0.5, 0.6) is 0 Å². The zero-order chi connectivity index (χ0) is 26.8. The van der Waals surface area contributed by atoms with Crippen LogP contribution in [0.1, 0.15) is 90.7 Å². The lowest BCUT2D eigenvalue weighted by atomic mass is 9.76. The molecule has 2 heterocycles. The molecule has 2 aromatic heterocycles. The topological polar surface area (TPSA) is 9.86 Å². The van der Waals surface area contributed by atoms with Gasteiger partial charge in [0.15, 0.2) is 0 Å². The lowest BCUT2D eigenvalue weighted by Gasteiger charge is -2.28. The van der Waals surface area contributed by atoms with Crippen LogP contribution in [0.3, 0.4) is 0 Å². The molecule has 8 rings (SSSR count). The van der Waals surface area contributed by atoms with E-state index in [0.717, 1.165) is 31.6 Å². The van der Waals surface area contributed by atoms with E-state index in [2.05, 4.69) is 114 Å². The fourth-order valence-corrected chi connectivity index (χ4v) is 8.07. The third-order valence-electron chi connectivity index (χ3n) is 10.00. The smallest absolute Gasteiger partial charge is 0.0534 e. The van der Waals surface area contributed by atoms with Gasteiger partial charge < -0.3 is 9.13 Å². The summed E-state index contributed by atoms with van der Waals surface area (Å²) in [6.45, 7) is 4.89. The summed E-state index contributed by atoms with van der Waals surface area (Å²) in [6.07, 6.45) is 24.8. The fourth-order valence-electron chi connectivity index (χ4n) is 8.07. The van der Waals surface area contributed by atoms with Crippen LogP contribution >= 0.6 is 0 Å². The minimum absolute atomic E-state index is 0.373. The van der Waals surface area contributed by atoms with E-state index in [1.165, 1.54) is 58.5 Å². The summed E-state index contributed by atoms with van der Waals surface area (Å²) in [5.41, 5.74) is 14.6. The molecule has 0 aliphatic heterocycles. The van der Waals surface area contributed by atoms with Crippen molar-refractivity contribution < 1.29 is 0 Å². The number of aromatic nitrogens is 2. The molecule has 0 saturated heterocycles. The molecule has 3 atom stereocenters. The van der Waals surface area contributed by atoms with Crippen molar-refractivity contribution in [2.75, 3.05) is 0 Å². The summed E-state index contributed by atoms with van der Waals surface area (Å²) in [4.78, 5) is 0. The first-order chi connectivity index (χ1) is 19.7. The number of benzene rings is 2. The normalized spacial score (nSPS) is 23.1. The molecule has 0 amide bonds. The van der Waals surface area contributed by atoms with Gasteiger partial charge in [0.1, 0.15) is 0 Å². The largest absolute Gasteiger partial charge is 0.317 e. The maximum absolute atomic E-state index is 2.66. The van der Waals surface area contributed by atoms with E-state index >= 15 is 0 Å². The predicted molar refractivity (Wildman–Crippen MR) is 169 cm³/mol. The molecule has 2 nitrogen and oxygen atoms in total. The predicted octanol–water partition coefficient (Wildman–Crippen LogP) is 9.62. The summed E-state index contributed by atoms with van der Waals surface area (Å²) in [5.74, 6) is 1.57. The average Bonchev–Trinajstić information content (AvgIpc) is 3.51. The summed E-state index contributed by atoms with van der Waals surface area (Å²) in [6, 6.07) is 18.4. The fraction of sp³-hybridized carbons (Fsp3) is 0.316. The average molecular weight is 523 g/mol. The van der Waals surface area contributed by atoms with Gasteiger partial charge in [-0.2, -0.15) is 0 Å². The second-order valence-corrected chi connectivity index (χ2v) is 12.5. The molecule has 0 spiro atoms. The summed E-state index contributed by atoms with van der Waals surface area (Å²) in [5, 5.41) is 1.48. The van der Waals surface area contributed by atoms with Crippen LogP contribution in [0.25, 0.3) is 34.4 Å². The Labute approximate surface area is 238 Å². The molecule has 4 aliphatic carbocycles. The van der Waals surface area contributed by atoms with Gasteiger partial charge in [-0.25, -0.2) is 0 Å². The highest BCUT2D eigenvalue weighted by atomic mass is 15.0. The molecule has 0 radical (unpaired) electrons. The highest BCUT2D eigenvalue weighted by Gasteiger charge is 2.33. The number of allylic oxidation sites excluding steroid dienone is 6. The maximum atomic E-state index is 2.66. The van der Waals surface area contributed by atoms with Crippen molar-refractivity contribution in [3.8, 4) is 5.69 Å². The first-order valence-corrected chi connectivity index (χ1v) is 15.4. The maximum Gasteiger partial charge on any atom is 0.0534 e. The van der Waals surface area contributed by atoms with E-state index in [9.17, 15) is 0 Å². The molecular formula is C38H38N2. The molecule has 4 aromatic rings. The summed E-state index contributed by atoms with van der Waals surface area (Å²) >= 11 is 0. The van der Waals surface area contributed by atoms with E-state index in [0.29, 0.717) is 11.8 Å². The Morgan fingerprint density at radius 2 is 1.68 bits per heavy atom. The molecule has 4 aliphatic rings. The van der Waals surface area contributed by atoms with E-state index in [4.69, 9.17) is 0 Å². The van der Waals surface area contributed by atoms with Crippen LogP contribution in [-0.2, 0) is 19.3 Å². The molecular weight excluding hydrogens is 484 g/mol. The minimum Gasteiger partial charge on any atom is -0.317 e. The number of rotatable bonds is 3. The van der Waals surface area contributed by atoms with E-state index in [-0.39, 0.29) is 0 Å². The highest BCUT2D eigenvalue weighted by molar-refractivity contribution is 5.90. The molecule has 0 saturated carbocycles. The van der Waals surface area contributed by atoms with Crippen molar-refractivity contribution >= 4 is 28.8 Å². The Balaban J connectivity index is 1.27. The van der Waals surface area contributed by atoms with Gasteiger partial charge >= 0.3 is 0 Å². The second kappa shape index (κ2) is 9.41. The van der Waals surface area contributed by atoms with Gasteiger partial charge in [0.2, 0.25) is 0 Å². The number of fused-ring (bicyclic) bond motifs is 6. The number of hydrogen-bond acceptors (Lipinski definition) is 0. The summed E-state index contributed by atoms with van der Waals surface area (Å²) in [7, 11) is 0. The van der Waals surface area contributed by atoms with Gasteiger partial charge in [-0.1, -0.05) is 68.5 Å². The van der Waals surface area contributed by atoms with Crippen molar-refractivity contribution in [3.05, 3.63) is 118 Å². The van der Waals surface area contributed by atoms with Crippen LogP contribution in [0.15, 0.2) is 78.9 Å². The first-order valence-electron chi connectivity index (χ1n) is 15.4. The SMILES string of the molecule is CC1CCc2c(c3ccc(C4C=Cc5c(c6c(n5-c5ccccc5)C=CCC6)C4C)cc3n2C2=CC=CCC2)C1. The number of nitrogens with zero attached hydrogens (tertiary/aromatic N) is 2. The van der Waals surface area contributed by atoms with Crippen molar-refractivity contribution in [2.24, 2.45) is 5.92 Å². The van der Waals surface area contributed by atoms with Crippen molar-refractivity contribution in [1.29, 1.82) is 0 Å².